The molecule has 0 saturated carbocycles. The molecule has 0 unspecified atom stereocenters. The van der Waals surface area contributed by atoms with Crippen molar-refractivity contribution < 1.29 is 4.79 Å². The van der Waals surface area contributed by atoms with E-state index in [9.17, 15) is 4.79 Å². The number of benzene rings is 1. The Morgan fingerprint density at radius 3 is 2.77 bits per heavy atom. The third-order valence-corrected chi connectivity index (χ3v) is 3.87. The average molecular weight is 384 g/mol. The predicted octanol–water partition coefficient (Wildman–Crippen LogP) is 3.46. The molecule has 0 fully saturated rings. The van der Waals surface area contributed by atoms with Crippen molar-refractivity contribution in [1.29, 1.82) is 0 Å². The lowest BCUT2D eigenvalue weighted by molar-refractivity contribution is -0.116. The van der Waals surface area contributed by atoms with Crippen LogP contribution in [0.2, 0.25) is 0 Å². The number of thiocarbonyl (C=S) groups is 1. The molecule has 0 spiro atoms. The molecule has 4 nitrogen and oxygen atoms in total. The van der Waals surface area contributed by atoms with Gasteiger partial charge in [0.1, 0.15) is 0 Å². The summed E-state index contributed by atoms with van der Waals surface area (Å²) in [7, 11) is 0. The minimum atomic E-state index is -0.259. The molecular weight excluding hydrogens is 362 g/mol. The Morgan fingerprint density at radius 1 is 1.32 bits per heavy atom. The highest BCUT2D eigenvalue weighted by Crippen LogP contribution is 2.19. The van der Waals surface area contributed by atoms with Gasteiger partial charge in [0.25, 0.3) is 5.91 Å². The highest BCUT2D eigenvalue weighted by molar-refractivity contribution is 9.10. The summed E-state index contributed by atoms with van der Waals surface area (Å²) < 4.78 is 0.956. The first-order valence-corrected chi connectivity index (χ1v) is 8.51. The number of unbranched alkanes of at least 4 members (excludes halogenated alkanes) is 2. The predicted molar refractivity (Wildman–Crippen MR) is 99.3 cm³/mol. The average Bonchev–Trinajstić information content (AvgIpc) is 2.48. The number of aryl methyl sites for hydroxylation is 1. The van der Waals surface area contributed by atoms with Crippen molar-refractivity contribution in [3.05, 3.63) is 39.9 Å². The number of amides is 1. The van der Waals surface area contributed by atoms with E-state index in [0.29, 0.717) is 5.11 Å². The molecule has 1 rings (SSSR count). The quantitative estimate of drug-likeness (QED) is 0.304. The molecule has 0 atom stereocenters. The van der Waals surface area contributed by atoms with Crippen molar-refractivity contribution in [2.24, 2.45) is 0 Å². The largest absolute Gasteiger partial charge is 0.361 e. The molecule has 0 aromatic heterocycles. The van der Waals surface area contributed by atoms with Gasteiger partial charge >= 0.3 is 0 Å². The molecule has 0 bridgehead atoms. The smallest absolute Gasteiger partial charge is 0.262 e. The number of carbonyl (C=O) groups is 1. The van der Waals surface area contributed by atoms with Crippen LogP contribution >= 0.6 is 28.1 Å². The maximum atomic E-state index is 11.7. The number of halogens is 1. The zero-order chi connectivity index (χ0) is 16.4. The van der Waals surface area contributed by atoms with Crippen LogP contribution in [0.5, 0.6) is 0 Å². The molecule has 0 saturated heterocycles. The Balaban J connectivity index is 2.33. The molecule has 120 valence electrons. The molecule has 1 amide bonds. The highest BCUT2D eigenvalue weighted by atomic mass is 79.9. The van der Waals surface area contributed by atoms with Gasteiger partial charge in [-0.15, -0.1) is 0 Å². The van der Waals surface area contributed by atoms with Crippen molar-refractivity contribution in [1.82, 2.24) is 16.2 Å². The van der Waals surface area contributed by atoms with E-state index >= 15 is 0 Å². The van der Waals surface area contributed by atoms with E-state index in [-0.39, 0.29) is 5.91 Å². The van der Waals surface area contributed by atoms with E-state index < -0.39 is 0 Å². The molecule has 0 aliphatic heterocycles. The lowest BCUT2D eigenvalue weighted by Crippen LogP contribution is -2.46. The van der Waals surface area contributed by atoms with Crippen LogP contribution in [-0.2, 0) is 4.79 Å². The van der Waals surface area contributed by atoms with E-state index in [2.05, 4.69) is 39.0 Å². The standard InChI is InChI=1S/C16H22BrN3OS/c1-3-4-5-10-18-16(22)20-19-15(21)9-8-13-7-6-12(2)11-14(13)17/h6-9,11H,3-5,10H2,1-2H3,(H,19,21)(H2,18,20,22)/b9-8+. The Morgan fingerprint density at radius 2 is 2.09 bits per heavy atom. The molecule has 22 heavy (non-hydrogen) atoms. The minimum absolute atomic E-state index is 0.259. The minimum Gasteiger partial charge on any atom is -0.361 e. The zero-order valence-corrected chi connectivity index (χ0v) is 15.3. The van der Waals surface area contributed by atoms with Crippen molar-refractivity contribution >= 4 is 45.2 Å². The van der Waals surface area contributed by atoms with Gasteiger partial charge in [-0.25, -0.2) is 0 Å². The van der Waals surface area contributed by atoms with Gasteiger partial charge in [-0.1, -0.05) is 47.8 Å². The summed E-state index contributed by atoms with van der Waals surface area (Å²) in [5.74, 6) is -0.259. The Kier molecular flexibility index (Phi) is 8.77. The fourth-order valence-corrected chi connectivity index (χ4v) is 2.49. The van der Waals surface area contributed by atoms with Crippen LogP contribution in [-0.4, -0.2) is 17.6 Å². The SMILES string of the molecule is CCCCCNC(=S)NNC(=O)/C=C/c1ccc(C)cc1Br. The molecule has 1 aromatic carbocycles. The molecule has 0 heterocycles. The second-order valence-corrected chi connectivity index (χ2v) is 6.20. The number of rotatable bonds is 6. The van der Waals surface area contributed by atoms with Gasteiger partial charge in [0, 0.05) is 17.1 Å². The molecule has 3 N–H and O–H groups in total. The molecule has 1 aromatic rings. The fraction of sp³-hybridized carbons (Fsp3) is 0.375. The first kappa shape index (κ1) is 18.6. The first-order valence-electron chi connectivity index (χ1n) is 7.31. The molecule has 6 heteroatoms. The monoisotopic (exact) mass is 383 g/mol. The summed E-state index contributed by atoms with van der Waals surface area (Å²) in [6.07, 6.45) is 6.60. The van der Waals surface area contributed by atoms with Crippen LogP contribution < -0.4 is 16.2 Å². The van der Waals surface area contributed by atoms with E-state index in [4.69, 9.17) is 12.2 Å². The van der Waals surface area contributed by atoms with Crippen LogP contribution in [0.25, 0.3) is 6.08 Å². The first-order chi connectivity index (χ1) is 10.5. The van der Waals surface area contributed by atoms with Crippen LogP contribution in [0.15, 0.2) is 28.7 Å². The number of nitrogens with one attached hydrogen (secondary N) is 3. The van der Waals surface area contributed by atoms with E-state index in [1.807, 2.05) is 25.1 Å². The normalized spacial score (nSPS) is 10.5. The third-order valence-electron chi connectivity index (χ3n) is 2.94. The van der Waals surface area contributed by atoms with Gasteiger partial charge < -0.3 is 5.32 Å². The van der Waals surface area contributed by atoms with Crippen molar-refractivity contribution in [2.45, 2.75) is 33.1 Å². The summed E-state index contributed by atoms with van der Waals surface area (Å²) in [6, 6.07) is 5.96. The maximum absolute atomic E-state index is 11.7. The number of carbonyl (C=O) groups excluding carboxylic acids is 1. The Bertz CT molecular complexity index is 546. The summed E-state index contributed by atoms with van der Waals surface area (Å²) in [5, 5.41) is 3.46. The lowest BCUT2D eigenvalue weighted by atomic mass is 10.1. The van der Waals surface area contributed by atoms with Crippen LogP contribution in [0.3, 0.4) is 0 Å². The van der Waals surface area contributed by atoms with E-state index in [1.165, 1.54) is 6.08 Å². The summed E-state index contributed by atoms with van der Waals surface area (Å²) in [4.78, 5) is 11.7. The van der Waals surface area contributed by atoms with Gasteiger partial charge in [0.15, 0.2) is 5.11 Å². The summed E-state index contributed by atoms with van der Waals surface area (Å²) >= 11 is 8.54. The molecule has 0 aliphatic rings. The number of hydrogen-bond acceptors (Lipinski definition) is 2. The topological polar surface area (TPSA) is 53.2 Å². The molecule has 0 radical (unpaired) electrons. The maximum Gasteiger partial charge on any atom is 0.262 e. The molecule has 0 aliphatic carbocycles. The Hall–Kier alpha value is -1.40. The van der Waals surface area contributed by atoms with Crippen molar-refractivity contribution in [3.63, 3.8) is 0 Å². The molecular formula is C16H22BrN3OS. The zero-order valence-electron chi connectivity index (χ0n) is 12.9. The Labute approximate surface area is 145 Å². The summed E-state index contributed by atoms with van der Waals surface area (Å²) in [5.41, 5.74) is 7.31. The number of hydrazine groups is 1. The second kappa shape index (κ2) is 10.3. The lowest BCUT2D eigenvalue weighted by Gasteiger charge is -2.10. The van der Waals surface area contributed by atoms with Crippen molar-refractivity contribution in [3.8, 4) is 0 Å². The van der Waals surface area contributed by atoms with Gasteiger partial charge in [-0.05, 0) is 48.8 Å². The second-order valence-electron chi connectivity index (χ2n) is 4.94. The summed E-state index contributed by atoms with van der Waals surface area (Å²) in [6.45, 7) is 4.97. The van der Waals surface area contributed by atoms with Gasteiger partial charge in [-0.3, -0.25) is 15.6 Å². The number of hydrogen-bond donors (Lipinski definition) is 3. The highest BCUT2D eigenvalue weighted by Gasteiger charge is 1.99. The van der Waals surface area contributed by atoms with E-state index in [1.54, 1.807) is 6.08 Å². The van der Waals surface area contributed by atoms with Gasteiger partial charge in [-0.2, -0.15) is 0 Å². The van der Waals surface area contributed by atoms with Gasteiger partial charge in [0.05, 0.1) is 0 Å². The van der Waals surface area contributed by atoms with Crippen LogP contribution in [0.4, 0.5) is 0 Å². The van der Waals surface area contributed by atoms with Gasteiger partial charge in [0.2, 0.25) is 0 Å². The van der Waals surface area contributed by atoms with Crippen LogP contribution in [0, 0.1) is 6.92 Å². The van der Waals surface area contributed by atoms with Crippen molar-refractivity contribution in [2.75, 3.05) is 6.54 Å². The fourth-order valence-electron chi connectivity index (χ4n) is 1.71. The van der Waals surface area contributed by atoms with E-state index in [0.717, 1.165) is 41.4 Å². The third kappa shape index (κ3) is 7.56. The van der Waals surface area contributed by atoms with Crippen LogP contribution in [0.1, 0.15) is 37.3 Å².